The van der Waals surface area contributed by atoms with Gasteiger partial charge in [0.1, 0.15) is 0 Å². The van der Waals surface area contributed by atoms with Crippen molar-refractivity contribution < 1.29 is 0 Å². The van der Waals surface area contributed by atoms with Crippen LogP contribution in [0.5, 0.6) is 0 Å². The molecule has 21 heavy (non-hydrogen) atoms. The van der Waals surface area contributed by atoms with Crippen LogP contribution in [0.25, 0.3) is 0 Å². The molecule has 0 saturated heterocycles. The van der Waals surface area contributed by atoms with Gasteiger partial charge in [0.15, 0.2) is 0 Å². The number of rotatable bonds is 3. The quantitative estimate of drug-likeness (QED) is 0.876. The van der Waals surface area contributed by atoms with Crippen LogP contribution in [-0.2, 0) is 6.54 Å². The average molecular weight is 275 g/mol. The van der Waals surface area contributed by atoms with E-state index in [-0.39, 0.29) is 0 Å². The molecule has 0 amide bonds. The van der Waals surface area contributed by atoms with E-state index in [9.17, 15) is 0 Å². The van der Waals surface area contributed by atoms with Crippen molar-refractivity contribution in [1.29, 1.82) is 5.26 Å². The van der Waals surface area contributed by atoms with Gasteiger partial charge in [-0.2, -0.15) is 5.26 Å². The molecule has 0 radical (unpaired) electrons. The maximum absolute atomic E-state index is 8.82. The van der Waals surface area contributed by atoms with Crippen LogP contribution in [0.2, 0.25) is 0 Å². The minimum atomic E-state index is 0.370. The van der Waals surface area contributed by atoms with Crippen LogP contribution in [-0.4, -0.2) is 13.6 Å². The number of nitriles is 1. The highest BCUT2D eigenvalue weighted by Crippen LogP contribution is 2.16. The lowest BCUT2D eigenvalue weighted by Crippen LogP contribution is -2.16. The third-order valence-electron chi connectivity index (χ3n) is 3.12. The Bertz CT molecular complexity index is 700. The van der Waals surface area contributed by atoms with Crippen molar-refractivity contribution >= 4 is 5.69 Å². The van der Waals surface area contributed by atoms with E-state index < -0.39 is 0 Å². The predicted octanol–water partition coefficient (Wildman–Crippen LogP) is 2.50. The molecule has 0 aliphatic rings. The zero-order chi connectivity index (χ0) is 15.1. The Balaban J connectivity index is 2.11. The molecule has 0 atom stereocenters. The monoisotopic (exact) mass is 275 g/mol. The van der Waals surface area contributed by atoms with Gasteiger partial charge in [0.2, 0.25) is 0 Å². The van der Waals surface area contributed by atoms with E-state index in [4.69, 9.17) is 11.0 Å². The number of benzene rings is 2. The summed E-state index contributed by atoms with van der Waals surface area (Å²) >= 11 is 0. The zero-order valence-corrected chi connectivity index (χ0v) is 12.0. The largest absolute Gasteiger partial charge is 0.370 e. The number of nitrogens with zero attached hydrogens (tertiary/aromatic N) is 2. The predicted molar refractivity (Wildman–Crippen MR) is 85.6 cm³/mol. The molecule has 0 spiro atoms. The van der Waals surface area contributed by atoms with Gasteiger partial charge in [-0.15, -0.1) is 0 Å². The van der Waals surface area contributed by atoms with Crippen molar-refractivity contribution in [2.45, 2.75) is 6.54 Å². The van der Waals surface area contributed by atoms with E-state index in [1.807, 2.05) is 43.4 Å². The summed E-state index contributed by atoms with van der Waals surface area (Å²) in [7, 11) is 2.03. The van der Waals surface area contributed by atoms with Crippen LogP contribution in [0.4, 0.5) is 5.69 Å². The lowest BCUT2D eigenvalue weighted by Gasteiger charge is -2.19. The van der Waals surface area contributed by atoms with E-state index in [1.165, 1.54) is 5.56 Å². The molecule has 2 aromatic rings. The highest BCUT2D eigenvalue weighted by atomic mass is 15.1. The fraction of sp³-hybridized carbons (Fsp3) is 0.167. The van der Waals surface area contributed by atoms with Gasteiger partial charge in [-0.1, -0.05) is 24.0 Å². The lowest BCUT2D eigenvalue weighted by atomic mass is 10.1. The Hall–Kier alpha value is -2.75. The summed E-state index contributed by atoms with van der Waals surface area (Å²) in [4.78, 5) is 2.14. The van der Waals surface area contributed by atoms with Gasteiger partial charge < -0.3 is 10.6 Å². The van der Waals surface area contributed by atoms with Crippen molar-refractivity contribution in [2.24, 2.45) is 5.73 Å². The topological polar surface area (TPSA) is 53.0 Å². The first-order valence-corrected chi connectivity index (χ1v) is 6.72. The van der Waals surface area contributed by atoms with Gasteiger partial charge in [0.05, 0.1) is 18.2 Å². The van der Waals surface area contributed by atoms with E-state index in [0.29, 0.717) is 12.1 Å². The highest BCUT2D eigenvalue weighted by Gasteiger charge is 2.03. The Labute approximate surface area is 125 Å². The van der Waals surface area contributed by atoms with Gasteiger partial charge in [0, 0.05) is 24.8 Å². The molecular weight excluding hydrogens is 258 g/mol. The van der Waals surface area contributed by atoms with Crippen LogP contribution >= 0.6 is 0 Å². The van der Waals surface area contributed by atoms with Gasteiger partial charge in [-0.05, 0) is 42.0 Å². The van der Waals surface area contributed by atoms with E-state index in [0.717, 1.165) is 17.8 Å². The zero-order valence-electron chi connectivity index (χ0n) is 12.0. The van der Waals surface area contributed by atoms with E-state index in [2.05, 4.69) is 34.9 Å². The molecule has 3 nitrogen and oxygen atoms in total. The molecule has 104 valence electrons. The molecule has 0 bridgehead atoms. The molecule has 3 heteroatoms. The smallest absolute Gasteiger partial charge is 0.0991 e. The number of anilines is 1. The molecule has 0 fully saturated rings. The first-order chi connectivity index (χ1) is 10.2. The summed E-state index contributed by atoms with van der Waals surface area (Å²) in [6.07, 6.45) is 0. The van der Waals surface area contributed by atoms with Crippen LogP contribution in [0, 0.1) is 23.2 Å². The first kappa shape index (κ1) is 14.7. The Morgan fingerprint density at radius 3 is 2.52 bits per heavy atom. The third kappa shape index (κ3) is 4.11. The van der Waals surface area contributed by atoms with Gasteiger partial charge in [-0.25, -0.2) is 0 Å². The number of hydrogen-bond donors (Lipinski definition) is 1. The van der Waals surface area contributed by atoms with Crippen LogP contribution in [0.3, 0.4) is 0 Å². The molecule has 0 aliphatic carbocycles. The second-order valence-electron chi connectivity index (χ2n) is 4.72. The molecule has 0 unspecified atom stereocenters. The summed E-state index contributed by atoms with van der Waals surface area (Å²) in [5.74, 6) is 5.91. The molecular formula is C18H17N3. The summed E-state index contributed by atoms with van der Waals surface area (Å²) < 4.78 is 0. The van der Waals surface area contributed by atoms with Crippen LogP contribution in [0.15, 0.2) is 48.5 Å². The fourth-order valence-electron chi connectivity index (χ4n) is 2.06. The van der Waals surface area contributed by atoms with E-state index in [1.54, 1.807) is 0 Å². The maximum atomic E-state index is 8.82. The molecule has 0 heterocycles. The summed E-state index contributed by atoms with van der Waals surface area (Å²) in [5, 5.41) is 8.82. The van der Waals surface area contributed by atoms with Crippen molar-refractivity contribution in [3.63, 3.8) is 0 Å². The standard InChI is InChI=1S/C18H17N3/c1-21(18-9-7-16(13-20)8-10-18)14-17-5-2-4-15(12-17)6-3-11-19/h2,4-5,7-10,12H,11,14,19H2,1H3. The average Bonchev–Trinajstić information content (AvgIpc) is 2.53. The molecule has 2 rings (SSSR count). The molecule has 2 aromatic carbocycles. The minimum Gasteiger partial charge on any atom is -0.370 e. The first-order valence-electron chi connectivity index (χ1n) is 6.72. The summed E-state index contributed by atoms with van der Waals surface area (Å²) in [6.45, 7) is 1.15. The maximum Gasteiger partial charge on any atom is 0.0991 e. The summed E-state index contributed by atoms with van der Waals surface area (Å²) in [5.41, 5.74) is 9.30. The minimum absolute atomic E-state index is 0.370. The van der Waals surface area contributed by atoms with Crippen molar-refractivity contribution in [3.05, 3.63) is 65.2 Å². The second kappa shape index (κ2) is 7.14. The van der Waals surface area contributed by atoms with Crippen molar-refractivity contribution in [1.82, 2.24) is 0 Å². The fourth-order valence-corrected chi connectivity index (χ4v) is 2.06. The molecule has 0 aliphatic heterocycles. The lowest BCUT2D eigenvalue weighted by molar-refractivity contribution is 0.922. The Kier molecular flexibility index (Phi) is 4.99. The van der Waals surface area contributed by atoms with Crippen LogP contribution in [0.1, 0.15) is 16.7 Å². The van der Waals surface area contributed by atoms with Gasteiger partial charge in [-0.3, -0.25) is 0 Å². The van der Waals surface area contributed by atoms with Gasteiger partial charge in [0.25, 0.3) is 0 Å². The highest BCUT2D eigenvalue weighted by molar-refractivity contribution is 5.50. The Morgan fingerprint density at radius 1 is 1.10 bits per heavy atom. The molecule has 0 saturated carbocycles. The molecule has 2 N–H and O–H groups in total. The Morgan fingerprint density at radius 2 is 1.86 bits per heavy atom. The van der Waals surface area contributed by atoms with Gasteiger partial charge >= 0.3 is 0 Å². The second-order valence-corrected chi connectivity index (χ2v) is 4.72. The molecule has 0 aromatic heterocycles. The number of nitrogens with two attached hydrogens (primary N) is 1. The van der Waals surface area contributed by atoms with Crippen molar-refractivity contribution in [2.75, 3.05) is 18.5 Å². The summed E-state index contributed by atoms with van der Waals surface area (Å²) in [6, 6.07) is 17.8. The normalized spacial score (nSPS) is 9.38. The van der Waals surface area contributed by atoms with Crippen molar-refractivity contribution in [3.8, 4) is 17.9 Å². The SMILES string of the molecule is CN(Cc1cccc(C#CCN)c1)c1ccc(C#N)cc1. The number of hydrogen-bond acceptors (Lipinski definition) is 3. The third-order valence-corrected chi connectivity index (χ3v) is 3.12. The van der Waals surface area contributed by atoms with Crippen LogP contribution < -0.4 is 10.6 Å². The van der Waals surface area contributed by atoms with E-state index >= 15 is 0 Å².